The summed E-state index contributed by atoms with van der Waals surface area (Å²) in [5.74, 6) is 0. The van der Waals surface area contributed by atoms with E-state index in [0.29, 0.717) is 0 Å². The Morgan fingerprint density at radius 3 is 0.562 bits per heavy atom. The lowest BCUT2D eigenvalue weighted by molar-refractivity contribution is 1.18. The zero-order chi connectivity index (χ0) is 97.0. The van der Waals surface area contributed by atoms with Crippen LogP contribution in [0.3, 0.4) is 0 Å². The number of aromatic nitrogens is 3. The Hall–Kier alpha value is -19.4. The summed E-state index contributed by atoms with van der Waals surface area (Å²) < 4.78 is 7.09. The lowest BCUT2D eigenvalue weighted by Crippen LogP contribution is -2.10. The maximum atomic E-state index is 2.37. The van der Waals surface area contributed by atoms with Gasteiger partial charge in [0.1, 0.15) is 0 Å². The minimum atomic E-state index is 1.11. The van der Waals surface area contributed by atoms with Crippen molar-refractivity contribution in [3.05, 3.63) is 595 Å². The van der Waals surface area contributed by atoms with Crippen LogP contribution in [0.1, 0.15) is 0 Å². The van der Waals surface area contributed by atoms with Crippen molar-refractivity contribution in [2.75, 3.05) is 14.7 Å². The summed E-state index contributed by atoms with van der Waals surface area (Å²) >= 11 is 0. The molecule has 0 atom stereocenters. The maximum absolute atomic E-state index is 2.37. The largest absolute Gasteiger partial charge is 0.311 e. The fourth-order valence-electron chi connectivity index (χ4n) is 21.2. The Morgan fingerprint density at radius 1 is 0.110 bits per heavy atom. The van der Waals surface area contributed by atoms with Gasteiger partial charge in [0.15, 0.2) is 0 Å². The predicted octanol–water partition coefficient (Wildman–Crippen LogP) is 38.7. The van der Waals surface area contributed by atoms with Gasteiger partial charge in [0, 0.05) is 100 Å². The highest BCUT2D eigenvalue weighted by molar-refractivity contribution is 6.12. The molecule has 0 fully saturated rings. The number of rotatable bonds is 19. The molecule has 27 rings (SSSR count). The first-order chi connectivity index (χ1) is 72.4. The summed E-state index contributed by atoms with van der Waals surface area (Å²) in [4.78, 5) is 7.04. The van der Waals surface area contributed by atoms with Crippen molar-refractivity contribution in [2.45, 2.75) is 0 Å². The van der Waals surface area contributed by atoms with E-state index < -0.39 is 0 Å². The van der Waals surface area contributed by atoms with Gasteiger partial charge in [-0.3, -0.25) is 0 Å². The Bertz CT molecular complexity index is 9060. The number of anilines is 9. The monoisotopic (exact) mass is 1860 g/mol. The number of benzene rings is 24. The second-order valence-electron chi connectivity index (χ2n) is 37.1. The highest BCUT2D eigenvalue weighted by Crippen LogP contribution is 2.46. The molecule has 0 aliphatic heterocycles. The molecule has 6 heteroatoms. The van der Waals surface area contributed by atoms with Crippen molar-refractivity contribution in [1.29, 1.82) is 0 Å². The van der Waals surface area contributed by atoms with Crippen LogP contribution in [0.25, 0.3) is 182 Å². The van der Waals surface area contributed by atoms with Crippen LogP contribution < -0.4 is 14.7 Å². The van der Waals surface area contributed by atoms with Gasteiger partial charge in [0.25, 0.3) is 0 Å². The van der Waals surface area contributed by atoms with E-state index in [0.717, 1.165) is 68.2 Å². The molecule has 0 saturated carbocycles. The van der Waals surface area contributed by atoms with Gasteiger partial charge in [-0.05, 0) is 270 Å². The minimum Gasteiger partial charge on any atom is -0.311 e. The number of hydrogen-bond acceptors (Lipinski definition) is 3. The van der Waals surface area contributed by atoms with Crippen molar-refractivity contribution in [2.24, 2.45) is 0 Å². The van der Waals surface area contributed by atoms with Gasteiger partial charge < -0.3 is 28.4 Å². The lowest BCUT2D eigenvalue weighted by Gasteiger charge is -2.27. The van der Waals surface area contributed by atoms with Gasteiger partial charge in [-0.1, -0.05) is 419 Å². The van der Waals surface area contributed by atoms with E-state index in [2.05, 4.69) is 623 Å². The molecule has 0 N–H and O–H groups in total. The lowest BCUT2D eigenvalue weighted by atomic mass is 10.0. The third-order valence-electron chi connectivity index (χ3n) is 28.4. The maximum Gasteiger partial charge on any atom is 0.0541 e. The Labute approximate surface area is 849 Å². The summed E-state index contributed by atoms with van der Waals surface area (Å²) in [7, 11) is 0. The van der Waals surface area contributed by atoms with E-state index >= 15 is 0 Å². The van der Waals surface area contributed by atoms with Gasteiger partial charge >= 0.3 is 0 Å². The Morgan fingerprint density at radius 2 is 0.295 bits per heavy atom. The zero-order valence-corrected chi connectivity index (χ0v) is 80.3. The molecule has 0 aliphatic carbocycles. The predicted molar refractivity (Wildman–Crippen MR) is 619 cm³/mol. The molecule has 3 aromatic heterocycles. The molecule has 146 heavy (non-hydrogen) atoms. The van der Waals surface area contributed by atoms with E-state index in [9.17, 15) is 0 Å². The first kappa shape index (κ1) is 88.1. The van der Waals surface area contributed by atoms with Crippen LogP contribution in [-0.2, 0) is 0 Å². The standard InChI is InChI=1S/C48H34N2.2C46H32N2/c1-3-11-35(12-4-1)37-19-27-41(28-20-37)49(42-29-21-38(22-30-42)36-13-5-2-6-14-36)43-31-23-39(24-32-43)40-25-33-44(34-26-40)50-47-17-9-7-15-45(47)46-16-8-10-18-48(46)50;1-2-11-33(12-3-1)34-21-27-38(28-22-34)47(44-20-10-14-37-13-4-5-15-41(37)44)39-29-23-35(24-30-39)36-25-31-40(32-26-36)48-45-18-8-6-16-42(45)43-17-7-9-19-46(43)48;1-2-10-33(11-3-1)35-18-25-39(26-19-35)47(42-31-24-34-12-4-5-13-38(34)32-42)40-27-20-36(21-28-40)37-22-29-41(30-23-37)48-45-16-8-6-14-43(45)44-15-7-9-17-46(44)48/h1-34H;2*1-32H. The van der Waals surface area contributed by atoms with Gasteiger partial charge in [-0.15, -0.1) is 0 Å². The molecular formula is C140H98N6. The Balaban J connectivity index is 0.000000114. The highest BCUT2D eigenvalue weighted by Gasteiger charge is 2.23. The van der Waals surface area contributed by atoms with Crippen LogP contribution in [0.4, 0.5) is 51.2 Å². The van der Waals surface area contributed by atoms with Crippen LogP contribution in [0.15, 0.2) is 595 Å². The molecule has 0 bridgehead atoms. The second kappa shape index (κ2) is 39.4. The summed E-state index contributed by atoms with van der Waals surface area (Å²) in [5, 5.41) is 12.6. The summed E-state index contributed by atoms with van der Waals surface area (Å²) in [5.41, 5.74) is 37.7. The molecule has 688 valence electrons. The molecule has 24 aromatic carbocycles. The zero-order valence-electron chi connectivity index (χ0n) is 80.3. The fraction of sp³-hybridized carbons (Fsp3) is 0. The molecule has 0 radical (unpaired) electrons. The van der Waals surface area contributed by atoms with Gasteiger partial charge in [-0.25, -0.2) is 0 Å². The van der Waals surface area contributed by atoms with E-state index in [1.165, 1.54) is 165 Å². The molecule has 27 aromatic rings. The summed E-state index contributed by atoms with van der Waals surface area (Å²) in [6, 6.07) is 214. The van der Waals surface area contributed by atoms with Gasteiger partial charge in [0.2, 0.25) is 0 Å². The first-order valence-electron chi connectivity index (χ1n) is 50.0. The van der Waals surface area contributed by atoms with Crippen molar-refractivity contribution >= 4 is 138 Å². The van der Waals surface area contributed by atoms with E-state index in [4.69, 9.17) is 0 Å². The fourth-order valence-corrected chi connectivity index (χ4v) is 21.2. The second-order valence-corrected chi connectivity index (χ2v) is 37.1. The third-order valence-corrected chi connectivity index (χ3v) is 28.4. The summed E-state index contributed by atoms with van der Waals surface area (Å²) in [6.45, 7) is 0. The highest BCUT2D eigenvalue weighted by atomic mass is 15.2. The smallest absolute Gasteiger partial charge is 0.0541 e. The van der Waals surface area contributed by atoms with E-state index in [1.54, 1.807) is 0 Å². The molecule has 3 heterocycles. The number of nitrogens with zero attached hydrogens (tertiary/aromatic N) is 6. The average molecular weight is 1860 g/mol. The molecule has 6 nitrogen and oxygen atoms in total. The Kier molecular flexibility index (Phi) is 23.7. The topological polar surface area (TPSA) is 24.5 Å². The number of para-hydroxylation sites is 6. The summed E-state index contributed by atoms with van der Waals surface area (Å²) in [6.07, 6.45) is 0. The van der Waals surface area contributed by atoms with Crippen molar-refractivity contribution in [1.82, 2.24) is 13.7 Å². The molecular weight excluding hydrogens is 1770 g/mol. The average Bonchev–Trinajstić information content (AvgIpc) is 1.59. The van der Waals surface area contributed by atoms with Crippen LogP contribution >= 0.6 is 0 Å². The van der Waals surface area contributed by atoms with Crippen molar-refractivity contribution in [3.63, 3.8) is 0 Å². The molecule has 0 spiro atoms. The van der Waals surface area contributed by atoms with Crippen LogP contribution in [0, 0.1) is 0 Å². The van der Waals surface area contributed by atoms with E-state index in [1.807, 2.05) is 0 Å². The minimum absolute atomic E-state index is 1.11. The van der Waals surface area contributed by atoms with E-state index in [-0.39, 0.29) is 0 Å². The molecule has 0 amide bonds. The van der Waals surface area contributed by atoms with Crippen molar-refractivity contribution < 1.29 is 0 Å². The molecule has 0 unspecified atom stereocenters. The van der Waals surface area contributed by atoms with Gasteiger partial charge in [0.05, 0.1) is 38.8 Å². The number of fused-ring (bicyclic) bond motifs is 11. The first-order valence-corrected chi connectivity index (χ1v) is 50.0. The van der Waals surface area contributed by atoms with Crippen LogP contribution in [0.5, 0.6) is 0 Å². The molecule has 0 saturated heterocycles. The van der Waals surface area contributed by atoms with Crippen molar-refractivity contribution in [3.8, 4) is 95.0 Å². The SMILES string of the molecule is c1ccc(-c2ccc(N(c3ccc(-c4ccc(-n5c6ccccc6c6ccccc65)cc4)cc3)c3ccc4ccccc4c3)cc2)cc1.c1ccc(-c2ccc(N(c3ccc(-c4ccc(-n5c6ccccc6c6ccccc65)cc4)cc3)c3cccc4ccccc34)cc2)cc1.c1ccc(-c2ccc(N(c3ccc(-c4ccccc4)cc3)c3ccc(-c4ccc(-n5c6ccccc6c6ccccc65)cc4)cc3)cc2)cc1. The normalized spacial score (nSPS) is 11.3. The third kappa shape index (κ3) is 17.3. The quantitative estimate of drug-likeness (QED) is 0.0806. The van der Waals surface area contributed by atoms with Gasteiger partial charge in [-0.2, -0.15) is 0 Å². The number of hydrogen-bond donors (Lipinski definition) is 0. The van der Waals surface area contributed by atoms with Crippen LogP contribution in [-0.4, -0.2) is 13.7 Å². The van der Waals surface area contributed by atoms with Crippen LogP contribution in [0.2, 0.25) is 0 Å². The molecule has 0 aliphatic rings.